The second-order valence-corrected chi connectivity index (χ2v) is 6.64. The van der Waals surface area contributed by atoms with Crippen molar-refractivity contribution in [2.24, 2.45) is 0 Å². The number of methoxy groups -OCH3 is 1. The topological polar surface area (TPSA) is 75.7 Å². The zero-order valence-electron chi connectivity index (χ0n) is 11.5. The number of rotatable bonds is 3. The first-order chi connectivity index (χ1) is 9.45. The fourth-order valence-electron chi connectivity index (χ4n) is 2.31. The van der Waals surface area contributed by atoms with Gasteiger partial charge in [0.05, 0.1) is 23.3 Å². The number of nitrogens with one attached hydrogen (secondary N) is 1. The van der Waals surface area contributed by atoms with Gasteiger partial charge >= 0.3 is 5.97 Å². The Labute approximate surface area is 118 Å². The van der Waals surface area contributed by atoms with Gasteiger partial charge in [-0.1, -0.05) is 6.07 Å². The fraction of sp³-hybridized carbons (Fsp3) is 0.462. The fourth-order valence-corrected chi connectivity index (χ4v) is 3.23. The Balaban J connectivity index is 2.61. The molecule has 0 atom stereocenters. The molecule has 110 valence electrons. The zero-order valence-corrected chi connectivity index (χ0v) is 12.4. The van der Waals surface area contributed by atoms with Crippen LogP contribution in [0, 0.1) is 0 Å². The van der Waals surface area contributed by atoms with E-state index >= 15 is 0 Å². The summed E-state index contributed by atoms with van der Waals surface area (Å²) in [5, 5.41) is 3.20. The number of carbonyl (C=O) groups excluding carboxylic acids is 1. The maximum absolute atomic E-state index is 12.0. The van der Waals surface area contributed by atoms with Crippen molar-refractivity contribution in [1.82, 2.24) is 5.32 Å². The Morgan fingerprint density at radius 3 is 2.50 bits per heavy atom. The van der Waals surface area contributed by atoms with Crippen LogP contribution in [0.4, 0.5) is 5.69 Å². The van der Waals surface area contributed by atoms with Crippen LogP contribution >= 0.6 is 0 Å². The van der Waals surface area contributed by atoms with Gasteiger partial charge in [0.15, 0.2) is 9.84 Å². The van der Waals surface area contributed by atoms with Gasteiger partial charge in [0.1, 0.15) is 0 Å². The van der Waals surface area contributed by atoms with Crippen LogP contribution in [0.15, 0.2) is 23.1 Å². The summed E-state index contributed by atoms with van der Waals surface area (Å²) in [5.74, 6) is -0.524. The summed E-state index contributed by atoms with van der Waals surface area (Å²) in [6, 6.07) is 4.69. The molecular weight excluding hydrogens is 280 g/mol. The third kappa shape index (κ3) is 2.94. The van der Waals surface area contributed by atoms with Crippen molar-refractivity contribution in [3.8, 4) is 0 Å². The standard InChI is InChI=1S/C13H18N2O4S/c1-19-13(16)10-4-3-5-11(20(2,17)18)12(10)15-8-6-14-7-9-15/h3-5,14H,6-9H2,1-2H3. The van der Waals surface area contributed by atoms with E-state index < -0.39 is 15.8 Å². The zero-order chi connectivity index (χ0) is 14.8. The smallest absolute Gasteiger partial charge is 0.340 e. The highest BCUT2D eigenvalue weighted by atomic mass is 32.2. The molecule has 2 rings (SSSR count). The Morgan fingerprint density at radius 2 is 1.95 bits per heavy atom. The summed E-state index contributed by atoms with van der Waals surface area (Å²) in [7, 11) is -2.13. The third-order valence-electron chi connectivity index (χ3n) is 3.24. The lowest BCUT2D eigenvalue weighted by molar-refractivity contribution is 0.0601. The molecule has 6 nitrogen and oxygen atoms in total. The van der Waals surface area contributed by atoms with Crippen molar-refractivity contribution >= 4 is 21.5 Å². The molecule has 1 N–H and O–H groups in total. The molecule has 1 aromatic rings. The minimum Gasteiger partial charge on any atom is -0.465 e. The van der Waals surface area contributed by atoms with Crippen LogP contribution in [0.1, 0.15) is 10.4 Å². The predicted molar refractivity (Wildman–Crippen MR) is 76.0 cm³/mol. The van der Waals surface area contributed by atoms with Crippen molar-refractivity contribution in [3.05, 3.63) is 23.8 Å². The molecule has 1 saturated heterocycles. The molecule has 1 aliphatic rings. The molecule has 0 amide bonds. The number of hydrogen-bond donors (Lipinski definition) is 1. The second kappa shape index (κ2) is 5.80. The predicted octanol–water partition coefficient (Wildman–Crippen LogP) is 0.286. The van der Waals surface area contributed by atoms with E-state index in [1.165, 1.54) is 13.2 Å². The SMILES string of the molecule is COC(=O)c1cccc(S(C)(=O)=O)c1N1CCNCC1. The Morgan fingerprint density at radius 1 is 1.30 bits per heavy atom. The van der Waals surface area contributed by atoms with E-state index in [9.17, 15) is 13.2 Å². The molecule has 0 radical (unpaired) electrons. The number of anilines is 1. The first-order valence-electron chi connectivity index (χ1n) is 6.32. The van der Waals surface area contributed by atoms with E-state index in [4.69, 9.17) is 4.74 Å². The molecule has 0 aliphatic carbocycles. The third-order valence-corrected chi connectivity index (χ3v) is 4.37. The number of sulfone groups is 1. The number of piperazine rings is 1. The summed E-state index contributed by atoms with van der Waals surface area (Å²) >= 11 is 0. The quantitative estimate of drug-likeness (QED) is 0.808. The van der Waals surface area contributed by atoms with Crippen molar-refractivity contribution in [3.63, 3.8) is 0 Å². The second-order valence-electron chi connectivity index (χ2n) is 4.65. The lowest BCUT2D eigenvalue weighted by atomic mass is 10.1. The minimum absolute atomic E-state index is 0.169. The Kier molecular flexibility index (Phi) is 4.29. The number of hydrogen-bond acceptors (Lipinski definition) is 6. The molecule has 1 aromatic carbocycles. The molecule has 0 bridgehead atoms. The maximum Gasteiger partial charge on any atom is 0.340 e. The molecule has 0 saturated carbocycles. The first kappa shape index (κ1) is 14.8. The Hall–Kier alpha value is -1.60. The monoisotopic (exact) mass is 298 g/mol. The van der Waals surface area contributed by atoms with Gasteiger partial charge in [-0.05, 0) is 12.1 Å². The number of nitrogens with zero attached hydrogens (tertiary/aromatic N) is 1. The molecule has 0 spiro atoms. The van der Waals surface area contributed by atoms with Crippen LogP contribution in [0.2, 0.25) is 0 Å². The van der Waals surface area contributed by atoms with Gasteiger partial charge in [-0.25, -0.2) is 13.2 Å². The summed E-state index contributed by atoms with van der Waals surface area (Å²) in [6.45, 7) is 2.80. The van der Waals surface area contributed by atoms with Crippen molar-refractivity contribution in [2.45, 2.75) is 4.90 Å². The van der Waals surface area contributed by atoms with Crippen LogP contribution in [0.5, 0.6) is 0 Å². The van der Waals surface area contributed by atoms with Gasteiger partial charge in [0.2, 0.25) is 0 Å². The highest BCUT2D eigenvalue weighted by molar-refractivity contribution is 7.90. The lowest BCUT2D eigenvalue weighted by Crippen LogP contribution is -2.44. The van der Waals surface area contributed by atoms with Crippen molar-refractivity contribution in [2.75, 3.05) is 44.4 Å². The van der Waals surface area contributed by atoms with Gasteiger partial charge in [-0.2, -0.15) is 0 Å². The van der Waals surface area contributed by atoms with Crippen LogP contribution in [0.25, 0.3) is 0 Å². The van der Waals surface area contributed by atoms with Crippen LogP contribution in [-0.4, -0.2) is 53.9 Å². The van der Waals surface area contributed by atoms with Crippen LogP contribution < -0.4 is 10.2 Å². The number of benzene rings is 1. The summed E-state index contributed by atoms with van der Waals surface area (Å²) in [5.41, 5.74) is 0.737. The normalized spacial score (nSPS) is 16.0. The van der Waals surface area contributed by atoms with Crippen molar-refractivity contribution in [1.29, 1.82) is 0 Å². The molecule has 1 fully saturated rings. The average Bonchev–Trinajstić information content (AvgIpc) is 2.45. The van der Waals surface area contributed by atoms with Gasteiger partial charge in [-0.3, -0.25) is 0 Å². The highest BCUT2D eigenvalue weighted by Gasteiger charge is 2.25. The van der Waals surface area contributed by atoms with E-state index in [2.05, 4.69) is 5.32 Å². The van der Waals surface area contributed by atoms with Gasteiger partial charge in [-0.15, -0.1) is 0 Å². The number of ether oxygens (including phenoxy) is 1. The molecule has 1 aliphatic heterocycles. The largest absolute Gasteiger partial charge is 0.465 e. The molecule has 0 aromatic heterocycles. The lowest BCUT2D eigenvalue weighted by Gasteiger charge is -2.32. The summed E-state index contributed by atoms with van der Waals surface area (Å²) in [4.78, 5) is 14.0. The molecule has 20 heavy (non-hydrogen) atoms. The van der Waals surface area contributed by atoms with Crippen LogP contribution in [-0.2, 0) is 14.6 Å². The summed E-state index contributed by atoms with van der Waals surface area (Å²) < 4.78 is 28.7. The molecule has 1 heterocycles. The Bertz CT molecular complexity index is 607. The molecular formula is C13H18N2O4S. The highest BCUT2D eigenvalue weighted by Crippen LogP contribution is 2.30. The number of para-hydroxylation sites is 1. The average molecular weight is 298 g/mol. The van der Waals surface area contributed by atoms with Gasteiger partial charge in [0, 0.05) is 32.4 Å². The van der Waals surface area contributed by atoms with E-state index in [-0.39, 0.29) is 10.5 Å². The van der Waals surface area contributed by atoms with Crippen LogP contribution in [0.3, 0.4) is 0 Å². The van der Waals surface area contributed by atoms with Crippen molar-refractivity contribution < 1.29 is 17.9 Å². The number of esters is 1. The van der Waals surface area contributed by atoms with E-state index in [0.717, 1.165) is 19.3 Å². The van der Waals surface area contributed by atoms with Gasteiger partial charge < -0.3 is 15.0 Å². The maximum atomic E-state index is 12.0. The van der Waals surface area contributed by atoms with Gasteiger partial charge in [0.25, 0.3) is 0 Å². The van der Waals surface area contributed by atoms with E-state index in [0.29, 0.717) is 18.8 Å². The van der Waals surface area contributed by atoms with E-state index in [1.807, 2.05) is 4.90 Å². The molecule has 7 heteroatoms. The first-order valence-corrected chi connectivity index (χ1v) is 8.21. The minimum atomic E-state index is -3.42. The number of carbonyl (C=O) groups is 1. The summed E-state index contributed by atoms with van der Waals surface area (Å²) in [6.07, 6.45) is 1.15. The van der Waals surface area contributed by atoms with E-state index in [1.54, 1.807) is 12.1 Å². The molecule has 0 unspecified atom stereocenters.